The Morgan fingerprint density at radius 1 is 1.41 bits per heavy atom. The summed E-state index contributed by atoms with van der Waals surface area (Å²) in [6.07, 6.45) is 1.37. The number of aromatic nitrogens is 2. The van der Waals surface area contributed by atoms with Crippen molar-refractivity contribution in [3.8, 4) is 0 Å². The fourth-order valence-electron chi connectivity index (χ4n) is 1.45. The van der Waals surface area contributed by atoms with E-state index in [0.717, 1.165) is 5.56 Å². The molecule has 2 aromatic rings. The maximum atomic E-state index is 8.91. The number of nitrogens with zero attached hydrogens (tertiary/aromatic N) is 3. The Morgan fingerprint density at radius 3 is 2.76 bits per heavy atom. The van der Waals surface area contributed by atoms with Gasteiger partial charge >= 0.3 is 0 Å². The van der Waals surface area contributed by atoms with Crippen LogP contribution in [0.4, 0.5) is 0 Å². The van der Waals surface area contributed by atoms with Gasteiger partial charge in [-0.2, -0.15) is 0 Å². The van der Waals surface area contributed by atoms with Crippen molar-refractivity contribution in [3.63, 3.8) is 0 Å². The van der Waals surface area contributed by atoms with Gasteiger partial charge < -0.3 is 10.5 Å². The van der Waals surface area contributed by atoms with Gasteiger partial charge in [0.05, 0.1) is 6.04 Å². The molecule has 2 rings (SSSR count). The molecule has 0 bridgehead atoms. The summed E-state index contributed by atoms with van der Waals surface area (Å²) in [5, 5.41) is 22.1. The summed E-state index contributed by atoms with van der Waals surface area (Å²) in [7, 11) is 0. The molecule has 17 heavy (non-hydrogen) atoms. The van der Waals surface area contributed by atoms with Gasteiger partial charge in [-0.05, 0) is 17.6 Å². The Balaban J connectivity index is 2.11. The molecule has 88 valence electrons. The van der Waals surface area contributed by atoms with Crippen LogP contribution in [0.15, 0.2) is 46.3 Å². The van der Waals surface area contributed by atoms with Gasteiger partial charge in [-0.1, -0.05) is 40.6 Å². The van der Waals surface area contributed by atoms with Crippen LogP contribution in [0.2, 0.25) is 0 Å². The maximum Gasteiger partial charge on any atom is 0.197 e. The number of oxime groups is 1. The highest BCUT2D eigenvalue weighted by Crippen LogP contribution is 2.11. The van der Waals surface area contributed by atoms with Crippen LogP contribution in [0.5, 0.6) is 0 Å². The number of amidine groups is 1. The van der Waals surface area contributed by atoms with Crippen molar-refractivity contribution in [2.24, 2.45) is 5.16 Å². The summed E-state index contributed by atoms with van der Waals surface area (Å²) in [6.45, 7) is 1.95. The first-order chi connectivity index (χ1) is 8.31. The third-order valence-electron chi connectivity index (χ3n) is 2.36. The van der Waals surface area contributed by atoms with E-state index in [0.29, 0.717) is 5.69 Å². The van der Waals surface area contributed by atoms with E-state index in [-0.39, 0.29) is 11.9 Å². The fourth-order valence-corrected chi connectivity index (χ4v) is 1.45. The second kappa shape index (κ2) is 5.11. The number of hydrogen-bond donors (Lipinski definition) is 2. The SMILES string of the molecule is CC(NC(=NO)c1cnon1)c1ccccc1. The fraction of sp³-hybridized carbons (Fsp3) is 0.182. The number of benzene rings is 1. The standard InChI is InChI=1S/C11H12N4O2/c1-8(9-5-3-2-4-6-9)13-11(14-16)10-7-12-17-15-10/h2-8,16H,1H3,(H,13,14). The summed E-state index contributed by atoms with van der Waals surface area (Å²) in [5.74, 6) is 0.225. The maximum absolute atomic E-state index is 8.91. The lowest BCUT2D eigenvalue weighted by Crippen LogP contribution is -2.27. The molecule has 6 heteroatoms. The van der Waals surface area contributed by atoms with Crippen LogP contribution >= 0.6 is 0 Å². The van der Waals surface area contributed by atoms with Crippen LogP contribution < -0.4 is 5.32 Å². The first kappa shape index (κ1) is 11.1. The second-order valence-corrected chi connectivity index (χ2v) is 3.52. The molecule has 0 saturated heterocycles. The summed E-state index contributed by atoms with van der Waals surface area (Å²) >= 11 is 0. The predicted octanol–water partition coefficient (Wildman–Crippen LogP) is 1.56. The Kier molecular flexibility index (Phi) is 3.34. The van der Waals surface area contributed by atoms with Crippen molar-refractivity contribution >= 4 is 5.84 Å². The van der Waals surface area contributed by atoms with Crippen LogP contribution in [-0.2, 0) is 0 Å². The molecule has 0 aliphatic heterocycles. The normalized spacial score (nSPS) is 13.4. The molecule has 1 aromatic carbocycles. The highest BCUT2D eigenvalue weighted by molar-refractivity contribution is 5.96. The van der Waals surface area contributed by atoms with Gasteiger partial charge in [-0.15, -0.1) is 0 Å². The van der Waals surface area contributed by atoms with Crippen LogP contribution in [0, 0.1) is 0 Å². The van der Waals surface area contributed by atoms with E-state index < -0.39 is 0 Å². The quantitative estimate of drug-likeness (QED) is 0.363. The highest BCUT2D eigenvalue weighted by Gasteiger charge is 2.13. The van der Waals surface area contributed by atoms with Gasteiger partial charge in [-0.25, -0.2) is 4.63 Å². The molecule has 0 aliphatic carbocycles. The zero-order valence-corrected chi connectivity index (χ0v) is 9.24. The molecule has 0 spiro atoms. The Hall–Kier alpha value is -2.37. The molecular formula is C11H12N4O2. The molecular weight excluding hydrogens is 220 g/mol. The minimum absolute atomic E-state index is 0.0150. The molecule has 1 unspecified atom stereocenters. The highest BCUT2D eigenvalue weighted by atomic mass is 16.6. The molecule has 1 aromatic heterocycles. The molecule has 0 radical (unpaired) electrons. The van der Waals surface area contributed by atoms with E-state index in [9.17, 15) is 0 Å². The number of rotatable bonds is 3. The average molecular weight is 232 g/mol. The smallest absolute Gasteiger partial charge is 0.197 e. The zero-order chi connectivity index (χ0) is 12.1. The molecule has 1 atom stereocenters. The van der Waals surface area contributed by atoms with Crippen molar-refractivity contribution in [3.05, 3.63) is 47.8 Å². The van der Waals surface area contributed by atoms with E-state index in [2.05, 4.69) is 25.4 Å². The van der Waals surface area contributed by atoms with Gasteiger partial charge in [0.25, 0.3) is 0 Å². The monoisotopic (exact) mass is 232 g/mol. The van der Waals surface area contributed by atoms with E-state index in [1.807, 2.05) is 37.3 Å². The molecule has 0 saturated carbocycles. The van der Waals surface area contributed by atoms with Crippen molar-refractivity contribution in [2.75, 3.05) is 0 Å². The summed E-state index contributed by atoms with van der Waals surface area (Å²) < 4.78 is 4.45. The Labute approximate surface area is 97.9 Å². The van der Waals surface area contributed by atoms with Gasteiger partial charge in [0.2, 0.25) is 0 Å². The molecule has 2 N–H and O–H groups in total. The van der Waals surface area contributed by atoms with E-state index in [4.69, 9.17) is 5.21 Å². The first-order valence-corrected chi connectivity index (χ1v) is 5.12. The van der Waals surface area contributed by atoms with Gasteiger partial charge in [0, 0.05) is 0 Å². The summed E-state index contributed by atoms with van der Waals surface area (Å²) in [6, 6.07) is 9.78. The minimum Gasteiger partial charge on any atom is -0.409 e. The Morgan fingerprint density at radius 2 is 2.18 bits per heavy atom. The second-order valence-electron chi connectivity index (χ2n) is 3.52. The lowest BCUT2D eigenvalue weighted by molar-refractivity contribution is 0.302. The predicted molar refractivity (Wildman–Crippen MR) is 60.6 cm³/mol. The van der Waals surface area contributed by atoms with Crippen LogP contribution in [0.3, 0.4) is 0 Å². The Bertz CT molecular complexity index is 481. The van der Waals surface area contributed by atoms with Gasteiger partial charge in [0.1, 0.15) is 6.20 Å². The van der Waals surface area contributed by atoms with E-state index >= 15 is 0 Å². The minimum atomic E-state index is -0.0150. The molecule has 6 nitrogen and oxygen atoms in total. The third-order valence-corrected chi connectivity index (χ3v) is 2.36. The molecule has 1 heterocycles. The molecule has 0 amide bonds. The van der Waals surface area contributed by atoms with Crippen LogP contribution in [0.1, 0.15) is 24.2 Å². The first-order valence-electron chi connectivity index (χ1n) is 5.12. The third kappa shape index (κ3) is 2.60. The number of hydrogen-bond acceptors (Lipinski definition) is 5. The van der Waals surface area contributed by atoms with Crippen molar-refractivity contribution in [1.29, 1.82) is 0 Å². The van der Waals surface area contributed by atoms with Crippen molar-refractivity contribution in [2.45, 2.75) is 13.0 Å². The largest absolute Gasteiger partial charge is 0.409 e. The molecule has 0 aliphatic rings. The van der Waals surface area contributed by atoms with Gasteiger partial charge in [0.15, 0.2) is 11.5 Å². The summed E-state index contributed by atoms with van der Waals surface area (Å²) in [5.41, 5.74) is 1.43. The van der Waals surface area contributed by atoms with Gasteiger partial charge in [-0.3, -0.25) is 0 Å². The lowest BCUT2D eigenvalue weighted by atomic mass is 10.1. The number of nitrogens with one attached hydrogen (secondary N) is 1. The van der Waals surface area contributed by atoms with Crippen molar-refractivity contribution < 1.29 is 9.84 Å². The molecule has 0 fully saturated rings. The van der Waals surface area contributed by atoms with E-state index in [1.54, 1.807) is 0 Å². The summed E-state index contributed by atoms with van der Waals surface area (Å²) in [4.78, 5) is 0. The van der Waals surface area contributed by atoms with Crippen LogP contribution in [-0.4, -0.2) is 21.4 Å². The van der Waals surface area contributed by atoms with Crippen LogP contribution in [0.25, 0.3) is 0 Å². The lowest BCUT2D eigenvalue weighted by Gasteiger charge is -2.14. The zero-order valence-electron chi connectivity index (χ0n) is 9.24. The van der Waals surface area contributed by atoms with Crippen molar-refractivity contribution in [1.82, 2.24) is 15.6 Å². The topological polar surface area (TPSA) is 83.5 Å². The van der Waals surface area contributed by atoms with E-state index in [1.165, 1.54) is 6.20 Å². The average Bonchev–Trinajstić information content (AvgIpc) is 2.90.